The first-order valence-electron chi connectivity index (χ1n) is 19.1. The molecule has 0 saturated heterocycles. The van der Waals surface area contributed by atoms with Crippen molar-refractivity contribution in [1.82, 2.24) is 25.5 Å². The van der Waals surface area contributed by atoms with Crippen LogP contribution in [-0.2, 0) is 32.0 Å². The molecule has 304 valence electrons. The van der Waals surface area contributed by atoms with Crippen LogP contribution in [0.2, 0.25) is 0 Å². The highest BCUT2D eigenvalue weighted by molar-refractivity contribution is 6.04. The van der Waals surface area contributed by atoms with Gasteiger partial charge in [0.05, 0.1) is 48.4 Å². The topological polar surface area (TPSA) is 254 Å². The average molecular weight is 778 g/mol. The molecule has 1 aliphatic carbocycles. The van der Waals surface area contributed by atoms with E-state index < -0.39 is 52.3 Å². The molecule has 1 fully saturated rings. The number of nitro groups is 1. The summed E-state index contributed by atoms with van der Waals surface area (Å²) in [4.78, 5) is 76.8. The molecule has 2 heterocycles. The van der Waals surface area contributed by atoms with Gasteiger partial charge in [-0.3, -0.25) is 34.2 Å². The molecule has 3 aromatic rings. The highest BCUT2D eigenvalue weighted by Crippen LogP contribution is 2.47. The van der Waals surface area contributed by atoms with Crippen molar-refractivity contribution in [2.24, 2.45) is 17.6 Å². The lowest BCUT2D eigenvalue weighted by molar-refractivity contribution is -0.384. The summed E-state index contributed by atoms with van der Waals surface area (Å²) in [5.74, 6) is -3.40. The van der Waals surface area contributed by atoms with E-state index in [0.29, 0.717) is 18.7 Å². The van der Waals surface area contributed by atoms with Crippen molar-refractivity contribution in [2.45, 2.75) is 108 Å². The maximum atomic E-state index is 15.6. The predicted molar refractivity (Wildman–Crippen MR) is 207 cm³/mol. The molecule has 16 heteroatoms. The molecule has 1 aromatic heterocycles. The van der Waals surface area contributed by atoms with Crippen molar-refractivity contribution in [3.8, 4) is 5.75 Å². The standard InChI is InChI=1S/C40H53N7O8.H2O/c1-25(2)21-43-37(50)19-35(49)34(17-28-12-8-5-9-13-28)45-39(52)40(20-29-22-42-24-44-29,32-23-55-36-15-14-30(47(53)54)18-31(32)36)46(26(3)48)38(51)33(41)16-27-10-6-4-7-11-27;/h4,6-7,10-11,14-15,18,22,24-25,28,32-35,49H,5,8-9,12-13,16-17,19-21,23,41H2,1-3H3,(H,42,44)(H,43,50)(H,45,52);1H2/t32?,33-,34-,35-,40-;/m0./s1. The van der Waals surface area contributed by atoms with Crippen molar-refractivity contribution in [3.05, 3.63) is 88.0 Å². The van der Waals surface area contributed by atoms with E-state index in [-0.39, 0.29) is 66.1 Å². The largest absolute Gasteiger partial charge is 0.493 e. The van der Waals surface area contributed by atoms with Gasteiger partial charge in [0.15, 0.2) is 0 Å². The number of ether oxygens (including phenoxy) is 1. The minimum Gasteiger partial charge on any atom is -0.493 e. The Morgan fingerprint density at radius 3 is 2.46 bits per heavy atom. The first kappa shape index (κ1) is 43.5. The van der Waals surface area contributed by atoms with Crippen LogP contribution in [-0.4, -0.2) is 90.9 Å². The Balaban J connectivity index is 0.00000696. The number of rotatable bonds is 17. The lowest BCUT2D eigenvalue weighted by Gasteiger charge is -2.46. The molecular formula is C40H55N7O9. The van der Waals surface area contributed by atoms with Crippen LogP contribution in [0.1, 0.15) is 88.5 Å². The number of fused-ring (bicyclic) bond motifs is 1. The number of imide groups is 1. The molecule has 1 aliphatic heterocycles. The summed E-state index contributed by atoms with van der Waals surface area (Å²) in [6.45, 7) is 5.26. The van der Waals surface area contributed by atoms with Crippen LogP contribution in [0.3, 0.4) is 0 Å². The molecule has 2 aliphatic rings. The van der Waals surface area contributed by atoms with E-state index in [1.807, 2.05) is 19.9 Å². The van der Waals surface area contributed by atoms with Crippen LogP contribution in [0.15, 0.2) is 61.1 Å². The number of amides is 4. The fourth-order valence-corrected chi connectivity index (χ4v) is 7.94. The number of benzene rings is 2. The third-order valence-corrected chi connectivity index (χ3v) is 10.7. The van der Waals surface area contributed by atoms with E-state index in [4.69, 9.17) is 10.5 Å². The minimum absolute atomic E-state index is 0. The Bertz CT molecular complexity index is 1800. The molecule has 4 amide bonds. The van der Waals surface area contributed by atoms with Gasteiger partial charge in [-0.2, -0.15) is 0 Å². The summed E-state index contributed by atoms with van der Waals surface area (Å²) >= 11 is 0. The van der Waals surface area contributed by atoms with E-state index >= 15 is 4.79 Å². The van der Waals surface area contributed by atoms with Gasteiger partial charge < -0.3 is 36.7 Å². The van der Waals surface area contributed by atoms with Gasteiger partial charge in [-0.15, -0.1) is 0 Å². The smallest absolute Gasteiger partial charge is 0.269 e. The fraction of sp³-hybridized carbons (Fsp3) is 0.525. The highest BCUT2D eigenvalue weighted by Gasteiger charge is 2.58. The second-order valence-electron chi connectivity index (χ2n) is 15.3. The Hall–Kier alpha value is -5.19. The van der Waals surface area contributed by atoms with Crippen molar-refractivity contribution >= 4 is 29.3 Å². The van der Waals surface area contributed by atoms with Crippen LogP contribution in [0, 0.1) is 22.0 Å². The molecule has 5 atom stereocenters. The summed E-state index contributed by atoms with van der Waals surface area (Å²) in [5, 5.41) is 29.6. The Morgan fingerprint density at radius 1 is 1.12 bits per heavy atom. The SMILES string of the molecule is CC(=O)N(C(=O)[C@@H](N)Cc1ccccc1)[C@](Cc1cnc[nH]1)(C(=O)N[C@@H](CC1CCCCC1)[C@@H](O)CC(=O)NCC(C)C)C1COc2ccc([N+](=O)[O-])cc21.O. The van der Waals surface area contributed by atoms with Crippen LogP contribution >= 0.6 is 0 Å². The lowest BCUT2D eigenvalue weighted by Crippen LogP contribution is -2.70. The van der Waals surface area contributed by atoms with Gasteiger partial charge in [0.25, 0.3) is 5.69 Å². The van der Waals surface area contributed by atoms with E-state index in [1.165, 1.54) is 37.6 Å². The third kappa shape index (κ3) is 10.4. The number of carbonyl (C=O) groups excluding carboxylic acids is 4. The van der Waals surface area contributed by atoms with E-state index in [2.05, 4.69) is 20.6 Å². The minimum atomic E-state index is -2.16. The monoisotopic (exact) mass is 777 g/mol. The number of nitrogens with one attached hydrogen (secondary N) is 3. The number of non-ortho nitro benzene ring substituents is 1. The van der Waals surface area contributed by atoms with Crippen molar-refractivity contribution < 1.29 is 39.4 Å². The molecule has 5 rings (SSSR count). The number of H-pyrrole nitrogens is 1. The average Bonchev–Trinajstić information content (AvgIpc) is 3.84. The van der Waals surface area contributed by atoms with Crippen LogP contribution in [0.5, 0.6) is 5.75 Å². The normalized spacial score (nSPS) is 17.9. The number of nitrogens with two attached hydrogens (primary N) is 1. The Labute approximate surface area is 326 Å². The van der Waals surface area contributed by atoms with Gasteiger partial charge in [0, 0.05) is 49.5 Å². The van der Waals surface area contributed by atoms with Gasteiger partial charge in [-0.25, -0.2) is 4.98 Å². The van der Waals surface area contributed by atoms with E-state index in [9.17, 15) is 29.6 Å². The fourth-order valence-electron chi connectivity index (χ4n) is 7.94. The zero-order valence-corrected chi connectivity index (χ0v) is 32.2. The van der Waals surface area contributed by atoms with Crippen molar-refractivity contribution in [3.63, 3.8) is 0 Å². The van der Waals surface area contributed by atoms with Gasteiger partial charge >= 0.3 is 0 Å². The molecule has 16 nitrogen and oxygen atoms in total. The van der Waals surface area contributed by atoms with Gasteiger partial charge in [-0.05, 0) is 36.3 Å². The molecular weight excluding hydrogens is 722 g/mol. The number of aliphatic hydroxyl groups excluding tert-OH is 1. The van der Waals surface area contributed by atoms with Gasteiger partial charge in [0.1, 0.15) is 11.3 Å². The molecule has 1 unspecified atom stereocenters. The number of aromatic nitrogens is 2. The lowest BCUT2D eigenvalue weighted by atomic mass is 9.73. The Morgan fingerprint density at radius 2 is 1.84 bits per heavy atom. The molecule has 0 spiro atoms. The molecule has 1 saturated carbocycles. The summed E-state index contributed by atoms with van der Waals surface area (Å²) in [6, 6.07) is 10.8. The first-order chi connectivity index (χ1) is 26.3. The van der Waals surface area contributed by atoms with Crippen LogP contribution in [0.4, 0.5) is 5.69 Å². The van der Waals surface area contributed by atoms with E-state index in [0.717, 1.165) is 42.6 Å². The third-order valence-electron chi connectivity index (χ3n) is 10.7. The molecule has 0 bridgehead atoms. The highest BCUT2D eigenvalue weighted by atomic mass is 16.6. The molecule has 0 radical (unpaired) electrons. The Kier molecular flexibility index (Phi) is 15.2. The number of hydrogen-bond acceptors (Lipinski definition) is 10. The summed E-state index contributed by atoms with van der Waals surface area (Å²) in [6.07, 6.45) is 6.12. The zero-order valence-electron chi connectivity index (χ0n) is 32.2. The summed E-state index contributed by atoms with van der Waals surface area (Å²) in [5.41, 5.74) is 5.51. The number of carbonyl (C=O) groups is 4. The number of aliphatic hydroxyl groups is 1. The number of nitrogens with zero attached hydrogens (tertiary/aromatic N) is 3. The quantitative estimate of drug-likeness (QED) is 0.0990. The molecule has 8 N–H and O–H groups in total. The number of aromatic amines is 1. The zero-order chi connectivity index (χ0) is 39.7. The van der Waals surface area contributed by atoms with Gasteiger partial charge in [-0.1, -0.05) is 76.3 Å². The van der Waals surface area contributed by atoms with Crippen molar-refractivity contribution in [1.29, 1.82) is 0 Å². The second kappa shape index (κ2) is 19.6. The number of imidazole rings is 1. The van der Waals surface area contributed by atoms with Crippen LogP contribution < -0.4 is 21.1 Å². The maximum Gasteiger partial charge on any atom is 0.269 e. The number of nitro benzene ring substituents is 1. The summed E-state index contributed by atoms with van der Waals surface area (Å²) < 4.78 is 6.05. The van der Waals surface area contributed by atoms with Gasteiger partial charge in [0.2, 0.25) is 23.6 Å². The molecule has 2 aromatic carbocycles. The first-order valence-corrected chi connectivity index (χ1v) is 19.1. The van der Waals surface area contributed by atoms with Crippen molar-refractivity contribution in [2.75, 3.05) is 13.2 Å². The number of hydrogen-bond donors (Lipinski definition) is 5. The predicted octanol–water partition coefficient (Wildman–Crippen LogP) is 2.87. The second-order valence-corrected chi connectivity index (χ2v) is 15.3. The van der Waals surface area contributed by atoms with E-state index in [1.54, 1.807) is 24.3 Å². The molecule has 56 heavy (non-hydrogen) atoms. The summed E-state index contributed by atoms with van der Waals surface area (Å²) in [7, 11) is 0. The maximum absolute atomic E-state index is 15.6. The van der Waals surface area contributed by atoms with Crippen LogP contribution in [0.25, 0.3) is 0 Å².